The molecule has 0 unspecified atom stereocenters. The van der Waals surface area contributed by atoms with Crippen molar-refractivity contribution in [1.29, 1.82) is 0 Å². The maximum absolute atomic E-state index is 13.8. The van der Waals surface area contributed by atoms with E-state index < -0.39 is 0 Å². The number of ether oxygens (including phenoxy) is 1. The highest BCUT2D eigenvalue weighted by atomic mass is 19.1. The number of fused-ring (bicyclic) bond motifs is 1. The number of piperidine rings is 1. The molecule has 0 radical (unpaired) electrons. The van der Waals surface area contributed by atoms with Crippen molar-refractivity contribution < 1.29 is 9.13 Å². The van der Waals surface area contributed by atoms with Gasteiger partial charge in [0.05, 0.1) is 24.2 Å². The molecule has 1 aromatic heterocycles. The molecule has 0 aliphatic carbocycles. The minimum atomic E-state index is -0.291. The molecule has 3 heterocycles. The van der Waals surface area contributed by atoms with Crippen molar-refractivity contribution in [2.24, 2.45) is 0 Å². The lowest BCUT2D eigenvalue weighted by Crippen LogP contribution is -2.40. The molecule has 0 spiro atoms. The van der Waals surface area contributed by atoms with Gasteiger partial charge >= 0.3 is 5.69 Å². The molecule has 0 atom stereocenters. The highest BCUT2D eigenvalue weighted by Gasteiger charge is 2.23. The first-order valence-corrected chi connectivity index (χ1v) is 9.15. The number of aromatic nitrogens is 2. The molecule has 7 heteroatoms. The van der Waals surface area contributed by atoms with Gasteiger partial charge in [0.1, 0.15) is 5.82 Å². The fraction of sp³-hybridized carbons (Fsp3) is 0.611. The fourth-order valence-electron chi connectivity index (χ4n) is 3.95. The molecule has 1 N–H and O–H groups in total. The first-order valence-electron chi connectivity index (χ1n) is 9.15. The van der Waals surface area contributed by atoms with Crippen molar-refractivity contribution in [2.45, 2.75) is 25.4 Å². The van der Waals surface area contributed by atoms with Crippen LogP contribution in [0.1, 0.15) is 18.9 Å². The number of hydrogen-bond donors (Lipinski definition) is 1. The summed E-state index contributed by atoms with van der Waals surface area (Å²) in [6.07, 6.45) is 1.80. The summed E-state index contributed by atoms with van der Waals surface area (Å²) in [5, 5.41) is 3.32. The topological polar surface area (TPSA) is 51.4 Å². The number of nitrogens with zero attached hydrogens (tertiary/aromatic N) is 3. The van der Waals surface area contributed by atoms with Crippen molar-refractivity contribution in [1.82, 2.24) is 19.4 Å². The Bertz CT molecular complexity index is 788. The van der Waals surface area contributed by atoms with E-state index >= 15 is 0 Å². The number of morpholine rings is 1. The van der Waals surface area contributed by atoms with Crippen LogP contribution in [0, 0.1) is 5.82 Å². The van der Waals surface area contributed by atoms with Gasteiger partial charge in [-0.2, -0.15) is 0 Å². The summed E-state index contributed by atoms with van der Waals surface area (Å²) in [6.45, 7) is 6.52. The van der Waals surface area contributed by atoms with Gasteiger partial charge in [-0.05, 0) is 44.1 Å². The first-order chi connectivity index (χ1) is 12.2. The van der Waals surface area contributed by atoms with Crippen molar-refractivity contribution >= 4 is 11.0 Å². The van der Waals surface area contributed by atoms with Gasteiger partial charge in [-0.25, -0.2) is 9.18 Å². The van der Waals surface area contributed by atoms with Gasteiger partial charge in [0.2, 0.25) is 0 Å². The maximum Gasteiger partial charge on any atom is 0.329 e. The van der Waals surface area contributed by atoms with E-state index in [4.69, 9.17) is 4.74 Å². The lowest BCUT2D eigenvalue weighted by Gasteiger charge is -2.26. The predicted molar refractivity (Wildman–Crippen MR) is 94.6 cm³/mol. The lowest BCUT2D eigenvalue weighted by atomic mass is 10.1. The maximum atomic E-state index is 13.8. The van der Waals surface area contributed by atoms with Gasteiger partial charge in [-0.15, -0.1) is 0 Å². The van der Waals surface area contributed by atoms with Crippen molar-refractivity contribution in [3.63, 3.8) is 0 Å². The predicted octanol–water partition coefficient (Wildman–Crippen LogP) is 1.20. The van der Waals surface area contributed by atoms with Gasteiger partial charge in [0.15, 0.2) is 0 Å². The fourth-order valence-corrected chi connectivity index (χ4v) is 3.95. The molecule has 2 aliphatic rings. The smallest absolute Gasteiger partial charge is 0.329 e. The third-order valence-corrected chi connectivity index (χ3v) is 5.34. The van der Waals surface area contributed by atoms with Crippen molar-refractivity contribution in [3.05, 3.63) is 34.5 Å². The quantitative estimate of drug-likeness (QED) is 0.902. The molecule has 6 nitrogen and oxygen atoms in total. The molecule has 4 rings (SSSR count). The summed E-state index contributed by atoms with van der Waals surface area (Å²) in [4.78, 5) is 15.4. The summed E-state index contributed by atoms with van der Waals surface area (Å²) in [5.41, 5.74) is 1.54. The Balaban J connectivity index is 1.68. The molecule has 2 aromatic rings. The highest BCUT2D eigenvalue weighted by molar-refractivity contribution is 5.76. The molecular weight excluding hydrogens is 323 g/mol. The summed E-state index contributed by atoms with van der Waals surface area (Å²) in [5.74, 6) is -0.291. The third kappa shape index (κ3) is 3.36. The highest BCUT2D eigenvalue weighted by Crippen LogP contribution is 2.24. The average molecular weight is 348 g/mol. The lowest BCUT2D eigenvalue weighted by molar-refractivity contribution is 0.0364. The Morgan fingerprint density at radius 1 is 1.12 bits per heavy atom. The standard InChI is InChI=1S/C18H25FN4O2/c19-14-1-2-16-17(13-14)23(15-3-5-20-6-4-15)18(24)22(16)8-7-21-9-11-25-12-10-21/h1-2,13,15,20H,3-12H2. The molecule has 2 aliphatic heterocycles. The van der Waals surface area contributed by atoms with Gasteiger partial charge in [-0.1, -0.05) is 0 Å². The van der Waals surface area contributed by atoms with Crippen LogP contribution in [0.15, 0.2) is 23.0 Å². The van der Waals surface area contributed by atoms with Crippen LogP contribution in [0.25, 0.3) is 11.0 Å². The van der Waals surface area contributed by atoms with E-state index in [0.29, 0.717) is 6.54 Å². The average Bonchev–Trinajstić information content (AvgIpc) is 2.92. The number of rotatable bonds is 4. The Hall–Kier alpha value is -1.70. The van der Waals surface area contributed by atoms with E-state index in [1.807, 2.05) is 9.13 Å². The Morgan fingerprint density at radius 3 is 2.64 bits per heavy atom. The van der Waals surface area contributed by atoms with Crippen molar-refractivity contribution in [2.75, 3.05) is 45.9 Å². The van der Waals surface area contributed by atoms with Crippen LogP contribution in [0.5, 0.6) is 0 Å². The molecular formula is C18H25FN4O2. The Morgan fingerprint density at radius 2 is 1.88 bits per heavy atom. The number of hydrogen-bond acceptors (Lipinski definition) is 4. The van der Waals surface area contributed by atoms with E-state index in [9.17, 15) is 9.18 Å². The monoisotopic (exact) mass is 348 g/mol. The molecule has 0 bridgehead atoms. The largest absolute Gasteiger partial charge is 0.379 e. The zero-order valence-corrected chi connectivity index (χ0v) is 14.4. The number of imidazole rings is 1. The van der Waals surface area contributed by atoms with Crippen LogP contribution in [0.4, 0.5) is 4.39 Å². The first kappa shape index (κ1) is 16.8. The number of benzene rings is 1. The van der Waals surface area contributed by atoms with Crippen LogP contribution in [-0.4, -0.2) is 60.0 Å². The molecule has 1 aromatic carbocycles. The molecule has 2 saturated heterocycles. The molecule has 136 valence electrons. The molecule has 2 fully saturated rings. The van der Waals surface area contributed by atoms with Crippen LogP contribution >= 0.6 is 0 Å². The SMILES string of the molecule is O=c1n(CCN2CCOCC2)c2ccc(F)cc2n1C1CCNCC1. The Labute approximate surface area is 146 Å². The second-order valence-corrected chi connectivity index (χ2v) is 6.87. The molecule has 0 amide bonds. The van der Waals surface area contributed by atoms with Gasteiger partial charge in [0, 0.05) is 32.2 Å². The zero-order chi connectivity index (χ0) is 17.2. The van der Waals surface area contributed by atoms with Crippen molar-refractivity contribution in [3.8, 4) is 0 Å². The van der Waals surface area contributed by atoms with E-state index in [1.165, 1.54) is 12.1 Å². The summed E-state index contributed by atoms with van der Waals surface area (Å²) < 4.78 is 22.9. The second kappa shape index (κ2) is 7.27. The minimum absolute atomic E-state index is 0.0132. The zero-order valence-electron chi connectivity index (χ0n) is 14.4. The second-order valence-electron chi connectivity index (χ2n) is 6.87. The number of nitrogens with one attached hydrogen (secondary N) is 1. The van der Waals surface area contributed by atoms with Crippen LogP contribution < -0.4 is 11.0 Å². The van der Waals surface area contributed by atoms with Gasteiger partial charge in [-0.3, -0.25) is 14.0 Å². The van der Waals surface area contributed by atoms with Gasteiger partial charge in [0.25, 0.3) is 0 Å². The minimum Gasteiger partial charge on any atom is -0.379 e. The molecule has 0 saturated carbocycles. The molecule has 25 heavy (non-hydrogen) atoms. The van der Waals surface area contributed by atoms with Crippen LogP contribution in [-0.2, 0) is 11.3 Å². The summed E-state index contributed by atoms with van der Waals surface area (Å²) in [6, 6.07) is 4.83. The van der Waals surface area contributed by atoms with Gasteiger partial charge < -0.3 is 10.1 Å². The summed E-state index contributed by atoms with van der Waals surface area (Å²) >= 11 is 0. The van der Waals surface area contributed by atoms with Crippen LogP contribution in [0.3, 0.4) is 0 Å². The van der Waals surface area contributed by atoms with E-state index in [0.717, 1.165) is 69.8 Å². The third-order valence-electron chi connectivity index (χ3n) is 5.34. The number of halogens is 1. The van der Waals surface area contributed by atoms with Crippen LogP contribution in [0.2, 0.25) is 0 Å². The van der Waals surface area contributed by atoms with E-state index in [2.05, 4.69) is 10.2 Å². The summed E-state index contributed by atoms with van der Waals surface area (Å²) in [7, 11) is 0. The van der Waals surface area contributed by atoms with E-state index in [-0.39, 0.29) is 17.5 Å². The Kier molecular flexibility index (Phi) is 4.87. The normalized spacial score (nSPS) is 20.4. The van der Waals surface area contributed by atoms with E-state index in [1.54, 1.807) is 6.07 Å².